The van der Waals surface area contributed by atoms with Gasteiger partial charge in [0.1, 0.15) is 6.61 Å². The van der Waals surface area contributed by atoms with Crippen LogP contribution in [-0.4, -0.2) is 41.2 Å². The summed E-state index contributed by atoms with van der Waals surface area (Å²) in [5.41, 5.74) is 0. The van der Waals surface area contributed by atoms with Crippen molar-refractivity contribution in [3.63, 3.8) is 0 Å². The van der Waals surface area contributed by atoms with Gasteiger partial charge in [-0.1, -0.05) is 123 Å². The Morgan fingerprint density at radius 2 is 1.03 bits per heavy atom. The van der Waals surface area contributed by atoms with Gasteiger partial charge in [-0.15, -0.1) is 0 Å². The van der Waals surface area contributed by atoms with Gasteiger partial charge in [-0.05, 0) is 12.8 Å². The molecule has 0 saturated carbocycles. The normalized spacial score (nSPS) is 13.1. The van der Waals surface area contributed by atoms with Gasteiger partial charge in [0.05, 0.1) is 6.61 Å². The van der Waals surface area contributed by atoms with Crippen molar-refractivity contribution in [3.05, 3.63) is 0 Å². The summed E-state index contributed by atoms with van der Waals surface area (Å²) in [6.07, 6.45) is 22.0. The summed E-state index contributed by atoms with van der Waals surface area (Å²) in [4.78, 5) is 24.0. The zero-order valence-corrected chi connectivity index (χ0v) is 21.6. The van der Waals surface area contributed by atoms with E-state index in [2.05, 4.69) is 13.8 Å². The van der Waals surface area contributed by atoms with Gasteiger partial charge in [-0.3, -0.25) is 4.79 Å². The van der Waals surface area contributed by atoms with Gasteiger partial charge < -0.3 is 19.7 Å². The number of esters is 2. The van der Waals surface area contributed by atoms with Crippen molar-refractivity contribution in [3.8, 4) is 0 Å². The standard InChI is InChI=1S/C27H52O6/c1-3-5-7-9-11-12-13-14-15-16-17-18-20-22-25(29)33-26(30)27(31,24-28)32-23-21-19-10-8-6-4-2/h28,31H,3-24H2,1-2H3. The van der Waals surface area contributed by atoms with E-state index in [1.807, 2.05) is 0 Å². The van der Waals surface area contributed by atoms with E-state index >= 15 is 0 Å². The highest BCUT2D eigenvalue weighted by atomic mass is 16.7. The molecule has 0 aromatic heterocycles. The fourth-order valence-electron chi connectivity index (χ4n) is 3.81. The molecule has 33 heavy (non-hydrogen) atoms. The number of rotatable bonds is 24. The Morgan fingerprint density at radius 3 is 1.45 bits per heavy atom. The lowest BCUT2D eigenvalue weighted by atomic mass is 10.0. The number of carbonyl (C=O) groups is 2. The van der Waals surface area contributed by atoms with Crippen molar-refractivity contribution in [2.24, 2.45) is 0 Å². The van der Waals surface area contributed by atoms with Gasteiger partial charge in [0, 0.05) is 6.42 Å². The van der Waals surface area contributed by atoms with Crippen LogP contribution in [-0.2, 0) is 19.1 Å². The zero-order valence-electron chi connectivity index (χ0n) is 21.6. The highest BCUT2D eigenvalue weighted by Gasteiger charge is 2.40. The Hall–Kier alpha value is -0.980. The molecule has 0 aliphatic carbocycles. The van der Waals surface area contributed by atoms with Crippen LogP contribution in [0.15, 0.2) is 0 Å². The largest absolute Gasteiger partial charge is 0.390 e. The molecule has 0 aliphatic rings. The maximum atomic E-state index is 12.1. The zero-order chi connectivity index (χ0) is 24.6. The first-order valence-electron chi connectivity index (χ1n) is 13.7. The van der Waals surface area contributed by atoms with Crippen molar-refractivity contribution in [2.75, 3.05) is 13.2 Å². The van der Waals surface area contributed by atoms with Crippen LogP contribution in [0.3, 0.4) is 0 Å². The first-order chi connectivity index (χ1) is 16.0. The lowest BCUT2D eigenvalue weighted by Gasteiger charge is -2.23. The molecule has 0 bridgehead atoms. The van der Waals surface area contributed by atoms with Crippen LogP contribution in [0.5, 0.6) is 0 Å². The van der Waals surface area contributed by atoms with Gasteiger partial charge >= 0.3 is 11.9 Å². The second kappa shape index (κ2) is 22.8. The molecule has 0 amide bonds. The molecular formula is C27H52O6. The molecule has 1 unspecified atom stereocenters. The maximum absolute atomic E-state index is 12.1. The van der Waals surface area contributed by atoms with Crippen molar-refractivity contribution < 1.29 is 29.3 Å². The van der Waals surface area contributed by atoms with Gasteiger partial charge in [-0.2, -0.15) is 0 Å². The van der Waals surface area contributed by atoms with Crippen LogP contribution in [0, 0.1) is 0 Å². The minimum absolute atomic E-state index is 0.127. The first kappa shape index (κ1) is 32.0. The van der Waals surface area contributed by atoms with E-state index in [1.54, 1.807) is 0 Å². The van der Waals surface area contributed by atoms with E-state index in [9.17, 15) is 19.8 Å². The molecule has 2 N–H and O–H groups in total. The van der Waals surface area contributed by atoms with E-state index in [-0.39, 0.29) is 13.0 Å². The number of unbranched alkanes of at least 4 members (excludes halogenated alkanes) is 17. The number of aliphatic hydroxyl groups is 2. The molecule has 0 rings (SSSR count). The molecule has 0 saturated heterocycles. The van der Waals surface area contributed by atoms with Crippen LogP contribution in [0.4, 0.5) is 0 Å². The monoisotopic (exact) mass is 472 g/mol. The van der Waals surface area contributed by atoms with Crippen LogP contribution in [0.1, 0.15) is 142 Å². The van der Waals surface area contributed by atoms with Crippen LogP contribution < -0.4 is 0 Å². The van der Waals surface area contributed by atoms with Crippen LogP contribution in [0.25, 0.3) is 0 Å². The summed E-state index contributed by atoms with van der Waals surface area (Å²) >= 11 is 0. The fourth-order valence-corrected chi connectivity index (χ4v) is 3.81. The van der Waals surface area contributed by atoms with E-state index in [1.165, 1.54) is 77.0 Å². The summed E-state index contributed by atoms with van der Waals surface area (Å²) in [6.45, 7) is 3.59. The van der Waals surface area contributed by atoms with Gasteiger partial charge in [-0.25, -0.2) is 4.79 Å². The summed E-state index contributed by atoms with van der Waals surface area (Å²) < 4.78 is 9.86. The Morgan fingerprint density at radius 1 is 0.636 bits per heavy atom. The second-order valence-corrected chi connectivity index (χ2v) is 9.31. The van der Waals surface area contributed by atoms with Crippen LogP contribution in [0.2, 0.25) is 0 Å². The molecule has 196 valence electrons. The Kier molecular flexibility index (Phi) is 22.1. The summed E-state index contributed by atoms with van der Waals surface area (Å²) in [5, 5.41) is 19.5. The summed E-state index contributed by atoms with van der Waals surface area (Å²) in [6, 6.07) is 0. The maximum Gasteiger partial charge on any atom is 0.376 e. The summed E-state index contributed by atoms with van der Waals surface area (Å²) in [5.74, 6) is -4.37. The predicted molar refractivity (Wildman–Crippen MR) is 133 cm³/mol. The smallest absolute Gasteiger partial charge is 0.376 e. The quantitative estimate of drug-likeness (QED) is 0.0712. The number of hydrogen-bond acceptors (Lipinski definition) is 6. The molecule has 0 radical (unpaired) electrons. The Labute approximate surface area is 202 Å². The average Bonchev–Trinajstić information content (AvgIpc) is 2.81. The number of aliphatic hydroxyl groups excluding tert-OH is 1. The molecule has 0 aromatic carbocycles. The average molecular weight is 473 g/mol. The minimum atomic E-state index is -2.46. The molecule has 0 aromatic rings. The van der Waals surface area contributed by atoms with Gasteiger partial charge in [0.15, 0.2) is 0 Å². The molecule has 6 heteroatoms. The van der Waals surface area contributed by atoms with Crippen molar-refractivity contribution in [1.29, 1.82) is 0 Å². The highest BCUT2D eigenvalue weighted by molar-refractivity contribution is 5.89. The molecule has 0 heterocycles. The molecule has 0 fully saturated rings. The van der Waals surface area contributed by atoms with E-state index in [0.29, 0.717) is 12.8 Å². The number of hydrogen-bond donors (Lipinski definition) is 2. The first-order valence-corrected chi connectivity index (χ1v) is 13.7. The second-order valence-electron chi connectivity index (χ2n) is 9.31. The lowest BCUT2D eigenvalue weighted by Crippen LogP contribution is -2.47. The Bertz CT molecular complexity index is 468. The van der Waals surface area contributed by atoms with E-state index < -0.39 is 24.3 Å². The highest BCUT2D eigenvalue weighted by Crippen LogP contribution is 2.15. The molecule has 6 nitrogen and oxygen atoms in total. The lowest BCUT2D eigenvalue weighted by molar-refractivity contribution is -0.239. The molecule has 0 spiro atoms. The third-order valence-corrected chi connectivity index (χ3v) is 6.06. The predicted octanol–water partition coefficient (Wildman–Crippen LogP) is 6.60. The molecule has 1 atom stereocenters. The van der Waals surface area contributed by atoms with E-state index in [4.69, 9.17) is 9.47 Å². The van der Waals surface area contributed by atoms with Crippen LogP contribution >= 0.6 is 0 Å². The van der Waals surface area contributed by atoms with Crippen molar-refractivity contribution in [1.82, 2.24) is 0 Å². The minimum Gasteiger partial charge on any atom is -0.390 e. The number of carbonyl (C=O) groups excluding carboxylic acids is 2. The Balaban J connectivity index is 3.73. The molecule has 0 aliphatic heterocycles. The van der Waals surface area contributed by atoms with E-state index in [0.717, 1.165) is 32.1 Å². The van der Waals surface area contributed by atoms with Crippen molar-refractivity contribution in [2.45, 2.75) is 148 Å². The van der Waals surface area contributed by atoms with Gasteiger partial charge in [0.2, 0.25) is 0 Å². The topological polar surface area (TPSA) is 93.1 Å². The van der Waals surface area contributed by atoms with Crippen molar-refractivity contribution >= 4 is 11.9 Å². The fraction of sp³-hybridized carbons (Fsp3) is 0.926. The van der Waals surface area contributed by atoms with Gasteiger partial charge in [0.25, 0.3) is 5.79 Å². The molecular weight excluding hydrogens is 420 g/mol. The number of ether oxygens (including phenoxy) is 2. The third-order valence-electron chi connectivity index (χ3n) is 6.06. The third kappa shape index (κ3) is 19.1. The summed E-state index contributed by atoms with van der Waals surface area (Å²) in [7, 11) is 0. The SMILES string of the molecule is CCCCCCCCCCCCCCCC(=O)OC(=O)C(O)(CO)OCCCCCCCC.